The number of ether oxygens (including phenoxy) is 1. The number of rotatable bonds is 5. The van der Waals surface area contributed by atoms with Gasteiger partial charge in [-0.1, -0.05) is 0 Å². The molecule has 1 rings (SSSR count). The van der Waals surface area contributed by atoms with Gasteiger partial charge in [0.25, 0.3) is 0 Å². The highest BCUT2D eigenvalue weighted by Gasteiger charge is 2.19. The van der Waals surface area contributed by atoms with Crippen molar-refractivity contribution < 1.29 is 9.53 Å². The quantitative estimate of drug-likeness (QED) is 0.758. The fourth-order valence-electron chi connectivity index (χ4n) is 1.68. The van der Waals surface area contributed by atoms with Gasteiger partial charge in [0.1, 0.15) is 0 Å². The first kappa shape index (κ1) is 14.1. The topological polar surface area (TPSA) is 42.4 Å². The van der Waals surface area contributed by atoms with Crippen molar-refractivity contribution in [2.75, 3.05) is 20.2 Å². The van der Waals surface area contributed by atoms with Crippen LogP contribution < -0.4 is 0 Å². The van der Waals surface area contributed by atoms with Crippen molar-refractivity contribution in [3.8, 4) is 0 Å². The molecule has 0 spiro atoms. The highest BCUT2D eigenvalue weighted by molar-refractivity contribution is 7.11. The third kappa shape index (κ3) is 3.78. The van der Waals surface area contributed by atoms with Gasteiger partial charge in [0.05, 0.1) is 23.9 Å². The van der Waals surface area contributed by atoms with Gasteiger partial charge in [-0.15, -0.1) is 11.3 Å². The van der Waals surface area contributed by atoms with E-state index in [9.17, 15) is 4.79 Å². The molecule has 1 aromatic rings. The molecule has 0 aliphatic carbocycles. The van der Waals surface area contributed by atoms with Crippen molar-refractivity contribution in [3.05, 3.63) is 15.6 Å². The second-order valence-electron chi connectivity index (χ2n) is 4.08. The zero-order valence-electron chi connectivity index (χ0n) is 11.1. The molecule has 0 N–H and O–H groups in total. The fraction of sp³-hybridized carbons (Fsp3) is 0.667. The summed E-state index contributed by atoms with van der Waals surface area (Å²) >= 11 is 1.69. The van der Waals surface area contributed by atoms with E-state index in [4.69, 9.17) is 4.74 Å². The number of nitrogens with zero attached hydrogens (tertiary/aromatic N) is 2. The minimum atomic E-state index is -0.180. The molecule has 96 valence electrons. The number of thiazole rings is 1. The number of carbonyl (C=O) groups is 1. The third-order valence-corrected chi connectivity index (χ3v) is 3.91. The van der Waals surface area contributed by atoms with Crippen LogP contribution in [-0.4, -0.2) is 36.1 Å². The molecule has 0 radical (unpaired) electrons. The number of aryl methyl sites for hydroxylation is 2. The summed E-state index contributed by atoms with van der Waals surface area (Å²) in [6.45, 7) is 8.65. The first-order valence-electron chi connectivity index (χ1n) is 5.75. The molecule has 0 aromatic carbocycles. The lowest BCUT2D eigenvalue weighted by atomic mass is 10.2. The summed E-state index contributed by atoms with van der Waals surface area (Å²) in [6, 6.07) is 0.186. The van der Waals surface area contributed by atoms with Gasteiger partial charge in [0.15, 0.2) is 0 Å². The molecular weight excluding hydrogens is 236 g/mol. The van der Waals surface area contributed by atoms with E-state index in [0.29, 0.717) is 13.2 Å². The Morgan fingerprint density at radius 2 is 2.18 bits per heavy atom. The van der Waals surface area contributed by atoms with Gasteiger partial charge in [-0.05, 0) is 34.7 Å². The van der Waals surface area contributed by atoms with Crippen LogP contribution in [-0.2, 0) is 9.53 Å². The number of carbonyl (C=O) groups excluding carboxylic acids is 1. The molecule has 4 nitrogen and oxygen atoms in total. The Hall–Kier alpha value is -0.940. The maximum absolute atomic E-state index is 11.4. The summed E-state index contributed by atoms with van der Waals surface area (Å²) in [6.07, 6.45) is 0. The third-order valence-electron chi connectivity index (χ3n) is 2.66. The lowest BCUT2D eigenvalue weighted by Gasteiger charge is -2.22. The van der Waals surface area contributed by atoms with Gasteiger partial charge in [-0.2, -0.15) is 0 Å². The van der Waals surface area contributed by atoms with Crippen LogP contribution in [0, 0.1) is 13.8 Å². The molecular formula is C12H20N2O2S. The molecule has 17 heavy (non-hydrogen) atoms. The molecule has 1 heterocycles. The minimum Gasteiger partial charge on any atom is -0.465 e. The Bertz CT molecular complexity index is 390. The van der Waals surface area contributed by atoms with Crippen LogP contribution in [0.15, 0.2) is 0 Å². The Labute approximate surface area is 107 Å². The smallest absolute Gasteiger partial charge is 0.320 e. The van der Waals surface area contributed by atoms with Crippen molar-refractivity contribution >= 4 is 17.3 Å². The average Bonchev–Trinajstić information content (AvgIpc) is 2.56. The average molecular weight is 256 g/mol. The van der Waals surface area contributed by atoms with Crippen LogP contribution in [0.25, 0.3) is 0 Å². The van der Waals surface area contributed by atoms with E-state index < -0.39 is 0 Å². The number of likely N-dealkylation sites (N-methyl/N-ethyl adjacent to an activating group) is 1. The molecule has 1 atom stereocenters. The Kier molecular flexibility index (Phi) is 5.08. The molecule has 5 heteroatoms. The molecule has 0 aliphatic heterocycles. The maximum Gasteiger partial charge on any atom is 0.320 e. The standard InChI is InChI=1S/C12H20N2O2S/c1-6-16-11(15)7-14(5)9(3)12-8(2)13-10(4)17-12/h9H,6-7H2,1-5H3/t9-/m0/s1. The van der Waals surface area contributed by atoms with Gasteiger partial charge in [0.2, 0.25) is 0 Å². The van der Waals surface area contributed by atoms with E-state index in [1.807, 2.05) is 32.7 Å². The van der Waals surface area contributed by atoms with Crippen molar-refractivity contribution in [2.24, 2.45) is 0 Å². The normalized spacial score (nSPS) is 12.8. The lowest BCUT2D eigenvalue weighted by molar-refractivity contribution is -0.144. The van der Waals surface area contributed by atoms with Crippen molar-refractivity contribution in [3.63, 3.8) is 0 Å². The van der Waals surface area contributed by atoms with Crippen LogP contribution in [0.2, 0.25) is 0 Å². The van der Waals surface area contributed by atoms with Gasteiger partial charge in [0, 0.05) is 10.9 Å². The van der Waals surface area contributed by atoms with E-state index in [1.54, 1.807) is 11.3 Å². The summed E-state index contributed by atoms with van der Waals surface area (Å²) in [4.78, 5) is 19.0. The zero-order valence-corrected chi connectivity index (χ0v) is 11.9. The van der Waals surface area contributed by atoms with Gasteiger partial charge in [-0.25, -0.2) is 4.98 Å². The van der Waals surface area contributed by atoms with Crippen molar-refractivity contribution in [1.29, 1.82) is 0 Å². The van der Waals surface area contributed by atoms with Crippen LogP contribution >= 0.6 is 11.3 Å². The highest BCUT2D eigenvalue weighted by atomic mass is 32.1. The Morgan fingerprint density at radius 1 is 1.53 bits per heavy atom. The van der Waals surface area contributed by atoms with E-state index in [0.717, 1.165) is 10.7 Å². The van der Waals surface area contributed by atoms with E-state index in [2.05, 4.69) is 11.9 Å². The van der Waals surface area contributed by atoms with Crippen LogP contribution in [0.5, 0.6) is 0 Å². The zero-order chi connectivity index (χ0) is 13.0. The molecule has 0 fully saturated rings. The summed E-state index contributed by atoms with van der Waals surface area (Å²) in [5.74, 6) is -0.180. The summed E-state index contributed by atoms with van der Waals surface area (Å²) < 4.78 is 4.94. The number of hydrogen-bond donors (Lipinski definition) is 0. The van der Waals surface area contributed by atoms with Gasteiger partial charge in [-0.3, -0.25) is 9.69 Å². The molecule has 0 aliphatic rings. The van der Waals surface area contributed by atoms with Crippen LogP contribution in [0.3, 0.4) is 0 Å². The summed E-state index contributed by atoms with van der Waals surface area (Å²) in [5, 5.41) is 1.06. The fourth-order valence-corrected chi connectivity index (χ4v) is 2.73. The van der Waals surface area contributed by atoms with Gasteiger partial charge < -0.3 is 4.74 Å². The van der Waals surface area contributed by atoms with Crippen molar-refractivity contribution in [1.82, 2.24) is 9.88 Å². The number of esters is 1. The van der Waals surface area contributed by atoms with E-state index in [1.165, 1.54) is 4.88 Å². The predicted molar refractivity (Wildman–Crippen MR) is 69.3 cm³/mol. The van der Waals surface area contributed by atoms with E-state index >= 15 is 0 Å². The molecule has 1 aromatic heterocycles. The molecule has 0 saturated heterocycles. The Morgan fingerprint density at radius 3 is 2.65 bits per heavy atom. The molecule has 0 amide bonds. The van der Waals surface area contributed by atoms with Crippen molar-refractivity contribution in [2.45, 2.75) is 33.7 Å². The molecule has 0 unspecified atom stereocenters. The SMILES string of the molecule is CCOC(=O)CN(C)[C@@H](C)c1sc(C)nc1C. The maximum atomic E-state index is 11.4. The monoisotopic (exact) mass is 256 g/mol. The first-order chi connectivity index (χ1) is 7.95. The largest absolute Gasteiger partial charge is 0.465 e. The number of aromatic nitrogens is 1. The van der Waals surface area contributed by atoms with Crippen LogP contribution in [0.4, 0.5) is 0 Å². The second kappa shape index (κ2) is 6.12. The van der Waals surface area contributed by atoms with Gasteiger partial charge >= 0.3 is 5.97 Å². The number of hydrogen-bond acceptors (Lipinski definition) is 5. The Balaban J connectivity index is 2.66. The molecule has 0 bridgehead atoms. The van der Waals surface area contributed by atoms with Crippen LogP contribution in [0.1, 0.15) is 35.5 Å². The minimum absolute atomic E-state index is 0.180. The van der Waals surface area contributed by atoms with E-state index in [-0.39, 0.29) is 12.0 Å². The summed E-state index contributed by atoms with van der Waals surface area (Å²) in [7, 11) is 1.93. The highest BCUT2D eigenvalue weighted by Crippen LogP contribution is 2.27. The predicted octanol–water partition coefficient (Wildman–Crippen LogP) is 2.32. The summed E-state index contributed by atoms with van der Waals surface area (Å²) in [5.41, 5.74) is 1.05. The lowest BCUT2D eigenvalue weighted by Crippen LogP contribution is -2.29. The molecule has 0 saturated carbocycles. The second-order valence-corrected chi connectivity index (χ2v) is 5.31. The first-order valence-corrected chi connectivity index (χ1v) is 6.57.